The molecule has 0 aliphatic carbocycles. The molecular formula is C9H15ClN2O. The van der Waals surface area contributed by atoms with Gasteiger partial charge in [0, 0.05) is 18.1 Å². The molecule has 13 heavy (non-hydrogen) atoms. The summed E-state index contributed by atoms with van der Waals surface area (Å²) in [5.74, 6) is 0.103. The van der Waals surface area contributed by atoms with Crippen molar-refractivity contribution in [2.75, 3.05) is 20.1 Å². The van der Waals surface area contributed by atoms with Crippen LogP contribution in [0.25, 0.3) is 0 Å². The predicted molar refractivity (Wildman–Crippen MR) is 53.7 cm³/mol. The summed E-state index contributed by atoms with van der Waals surface area (Å²) in [6.45, 7) is 4.97. The topological polar surface area (TPSA) is 32.3 Å². The molecule has 1 atom stereocenters. The third kappa shape index (κ3) is 3.01. The maximum absolute atomic E-state index is 11.4. The lowest BCUT2D eigenvalue weighted by atomic mass is 10.1. The van der Waals surface area contributed by atoms with Gasteiger partial charge in [-0.1, -0.05) is 18.2 Å². The van der Waals surface area contributed by atoms with Crippen LogP contribution in [0.4, 0.5) is 0 Å². The van der Waals surface area contributed by atoms with Gasteiger partial charge in [-0.2, -0.15) is 0 Å². The van der Waals surface area contributed by atoms with Crippen molar-refractivity contribution in [1.29, 1.82) is 0 Å². The molecule has 4 heteroatoms. The van der Waals surface area contributed by atoms with Crippen LogP contribution < -0.4 is 5.32 Å². The minimum Gasteiger partial charge on any atom is -0.355 e. The molecule has 74 valence electrons. The Balaban J connectivity index is 2.48. The molecule has 0 saturated carbocycles. The van der Waals surface area contributed by atoms with Crippen LogP contribution in [0.5, 0.6) is 0 Å². The number of piperidine rings is 1. The van der Waals surface area contributed by atoms with E-state index in [4.69, 9.17) is 11.6 Å². The Kier molecular flexibility index (Phi) is 3.75. The van der Waals surface area contributed by atoms with Gasteiger partial charge in [-0.15, -0.1) is 0 Å². The molecule has 0 aromatic heterocycles. The minimum absolute atomic E-state index is 0.0377. The van der Waals surface area contributed by atoms with E-state index in [1.54, 1.807) is 0 Å². The zero-order chi connectivity index (χ0) is 9.84. The first-order valence-electron chi connectivity index (χ1n) is 4.42. The van der Waals surface area contributed by atoms with Gasteiger partial charge in [0.15, 0.2) is 0 Å². The van der Waals surface area contributed by atoms with Crippen LogP contribution >= 0.6 is 11.6 Å². The van der Waals surface area contributed by atoms with Crippen molar-refractivity contribution in [2.45, 2.75) is 18.9 Å². The van der Waals surface area contributed by atoms with Gasteiger partial charge in [0.05, 0.1) is 6.04 Å². The number of amides is 1. The van der Waals surface area contributed by atoms with E-state index in [-0.39, 0.29) is 11.9 Å². The monoisotopic (exact) mass is 202 g/mol. The van der Waals surface area contributed by atoms with Crippen molar-refractivity contribution < 1.29 is 4.79 Å². The molecule has 0 spiro atoms. The number of hydrogen-bond donors (Lipinski definition) is 1. The van der Waals surface area contributed by atoms with Crippen molar-refractivity contribution in [1.82, 2.24) is 10.2 Å². The average molecular weight is 203 g/mol. The molecule has 1 unspecified atom stereocenters. The summed E-state index contributed by atoms with van der Waals surface area (Å²) in [4.78, 5) is 13.3. The van der Waals surface area contributed by atoms with Crippen molar-refractivity contribution in [2.24, 2.45) is 0 Å². The molecule has 0 aromatic carbocycles. The van der Waals surface area contributed by atoms with Crippen LogP contribution in [0.3, 0.4) is 0 Å². The van der Waals surface area contributed by atoms with E-state index in [9.17, 15) is 4.79 Å². The molecule has 1 rings (SSSR count). The summed E-state index contributed by atoms with van der Waals surface area (Å²) in [5, 5.41) is 3.40. The second-order valence-corrected chi connectivity index (χ2v) is 3.92. The van der Waals surface area contributed by atoms with Gasteiger partial charge >= 0.3 is 0 Å². The highest BCUT2D eigenvalue weighted by molar-refractivity contribution is 6.29. The predicted octanol–water partition coefficient (Wildman–Crippen LogP) is 0.949. The second kappa shape index (κ2) is 4.63. The van der Waals surface area contributed by atoms with Crippen LogP contribution in [0.2, 0.25) is 0 Å². The fraction of sp³-hybridized carbons (Fsp3) is 0.667. The third-order valence-electron chi connectivity index (χ3n) is 2.21. The van der Waals surface area contributed by atoms with Gasteiger partial charge in [-0.05, 0) is 19.9 Å². The maximum Gasteiger partial charge on any atom is 0.237 e. The summed E-state index contributed by atoms with van der Waals surface area (Å²) < 4.78 is 0. The van der Waals surface area contributed by atoms with E-state index in [0.29, 0.717) is 11.6 Å². The quantitative estimate of drug-likeness (QED) is 0.739. The van der Waals surface area contributed by atoms with Gasteiger partial charge in [-0.25, -0.2) is 0 Å². The Morgan fingerprint density at radius 1 is 1.85 bits per heavy atom. The number of hydrogen-bond acceptors (Lipinski definition) is 2. The van der Waals surface area contributed by atoms with Gasteiger partial charge in [0.1, 0.15) is 0 Å². The molecule has 1 aliphatic rings. The second-order valence-electron chi connectivity index (χ2n) is 3.38. The van der Waals surface area contributed by atoms with E-state index in [2.05, 4.69) is 11.9 Å². The van der Waals surface area contributed by atoms with Crippen LogP contribution in [-0.4, -0.2) is 37.0 Å². The van der Waals surface area contributed by atoms with Gasteiger partial charge in [0.25, 0.3) is 0 Å². The fourth-order valence-corrected chi connectivity index (χ4v) is 1.75. The standard InChI is InChI=1S/C9H15ClN2O/c1-7(10)6-12(2)8-4-3-5-11-9(8)13/h8H,1,3-6H2,2H3,(H,11,13). The van der Waals surface area contributed by atoms with E-state index < -0.39 is 0 Å². The number of carbonyl (C=O) groups excluding carboxylic acids is 1. The Labute approximate surface area is 83.7 Å². The Hall–Kier alpha value is -0.540. The van der Waals surface area contributed by atoms with Gasteiger partial charge < -0.3 is 5.32 Å². The third-order valence-corrected chi connectivity index (χ3v) is 2.33. The summed E-state index contributed by atoms with van der Waals surface area (Å²) in [6.07, 6.45) is 1.95. The number of carbonyl (C=O) groups is 1. The highest BCUT2D eigenvalue weighted by Gasteiger charge is 2.25. The van der Waals surface area contributed by atoms with E-state index in [1.807, 2.05) is 11.9 Å². The van der Waals surface area contributed by atoms with Crippen LogP contribution in [0, 0.1) is 0 Å². The average Bonchev–Trinajstić information content (AvgIpc) is 2.03. The molecule has 0 aromatic rings. The Bertz CT molecular complexity index is 218. The van der Waals surface area contributed by atoms with Crippen LogP contribution in [0.1, 0.15) is 12.8 Å². The number of nitrogens with zero attached hydrogens (tertiary/aromatic N) is 1. The van der Waals surface area contributed by atoms with E-state index in [0.717, 1.165) is 19.4 Å². The van der Waals surface area contributed by atoms with E-state index >= 15 is 0 Å². The van der Waals surface area contributed by atoms with Crippen molar-refractivity contribution >= 4 is 17.5 Å². The van der Waals surface area contributed by atoms with Crippen molar-refractivity contribution in [3.05, 3.63) is 11.6 Å². The molecule has 1 N–H and O–H groups in total. The Morgan fingerprint density at radius 3 is 3.08 bits per heavy atom. The first-order chi connectivity index (χ1) is 6.11. The molecular weight excluding hydrogens is 188 g/mol. The molecule has 1 fully saturated rings. The molecule has 3 nitrogen and oxygen atoms in total. The van der Waals surface area contributed by atoms with Crippen molar-refractivity contribution in [3.63, 3.8) is 0 Å². The highest BCUT2D eigenvalue weighted by atomic mass is 35.5. The molecule has 0 bridgehead atoms. The lowest BCUT2D eigenvalue weighted by Crippen LogP contribution is -2.49. The molecule has 1 amide bonds. The fourth-order valence-electron chi connectivity index (χ4n) is 1.56. The SMILES string of the molecule is C=C(Cl)CN(C)C1CCCNC1=O. The summed E-state index contributed by atoms with van der Waals surface area (Å²) in [6, 6.07) is -0.0377. The van der Waals surface area contributed by atoms with Gasteiger partial charge in [0.2, 0.25) is 5.91 Å². The van der Waals surface area contributed by atoms with Crippen LogP contribution in [-0.2, 0) is 4.79 Å². The number of rotatable bonds is 3. The highest BCUT2D eigenvalue weighted by Crippen LogP contribution is 2.11. The molecule has 1 heterocycles. The normalized spacial score (nSPS) is 23.0. The molecule has 0 radical (unpaired) electrons. The first-order valence-corrected chi connectivity index (χ1v) is 4.80. The minimum atomic E-state index is -0.0377. The summed E-state index contributed by atoms with van der Waals surface area (Å²) in [7, 11) is 1.89. The molecule has 1 aliphatic heterocycles. The lowest BCUT2D eigenvalue weighted by Gasteiger charge is -2.29. The van der Waals surface area contributed by atoms with E-state index in [1.165, 1.54) is 0 Å². The largest absolute Gasteiger partial charge is 0.355 e. The smallest absolute Gasteiger partial charge is 0.237 e. The zero-order valence-electron chi connectivity index (χ0n) is 7.85. The van der Waals surface area contributed by atoms with Crippen LogP contribution in [0.15, 0.2) is 11.6 Å². The number of halogens is 1. The summed E-state index contributed by atoms with van der Waals surface area (Å²) in [5.41, 5.74) is 0. The maximum atomic E-state index is 11.4. The van der Waals surface area contributed by atoms with Crippen molar-refractivity contribution in [3.8, 4) is 0 Å². The first kappa shape index (κ1) is 10.5. The summed E-state index contributed by atoms with van der Waals surface area (Å²) >= 11 is 5.67. The number of nitrogens with one attached hydrogen (secondary N) is 1. The van der Waals surface area contributed by atoms with Gasteiger partial charge in [-0.3, -0.25) is 9.69 Å². The Morgan fingerprint density at radius 2 is 2.54 bits per heavy atom. The zero-order valence-corrected chi connectivity index (χ0v) is 8.60. The molecule has 1 saturated heterocycles. The lowest BCUT2D eigenvalue weighted by molar-refractivity contribution is -0.127. The number of likely N-dealkylation sites (N-methyl/N-ethyl adjacent to an activating group) is 1.